The van der Waals surface area contributed by atoms with Crippen molar-refractivity contribution in [3.63, 3.8) is 0 Å². The van der Waals surface area contributed by atoms with E-state index in [9.17, 15) is 0 Å². The van der Waals surface area contributed by atoms with Gasteiger partial charge in [0.25, 0.3) is 0 Å². The zero-order valence-electron chi connectivity index (χ0n) is 12.7. The van der Waals surface area contributed by atoms with E-state index in [1.54, 1.807) is 7.11 Å². The molecule has 2 N–H and O–H groups in total. The van der Waals surface area contributed by atoms with Crippen LogP contribution >= 0.6 is 0 Å². The van der Waals surface area contributed by atoms with E-state index in [0.29, 0.717) is 18.6 Å². The zero-order valence-corrected chi connectivity index (χ0v) is 12.7. The second kappa shape index (κ2) is 7.65. The molecule has 3 heteroatoms. The molecular formula is C17H27NO2. The number of rotatable bonds is 6. The standard InChI is InChI=1S/C17H27NO2/c1-3-13-7-4-5-10-17(13)20-12-16(18)14-8-6-9-15(11-14)19-2/h6,8-9,11,13,16-17H,3-5,7,10,12,18H2,1-2H3. The Morgan fingerprint density at radius 3 is 2.85 bits per heavy atom. The molecule has 0 aromatic heterocycles. The molecule has 0 amide bonds. The molecule has 0 saturated heterocycles. The molecule has 1 fully saturated rings. The summed E-state index contributed by atoms with van der Waals surface area (Å²) in [6, 6.07) is 7.86. The summed E-state index contributed by atoms with van der Waals surface area (Å²) in [6.07, 6.45) is 6.72. The lowest BCUT2D eigenvalue weighted by atomic mass is 9.85. The maximum Gasteiger partial charge on any atom is 0.119 e. The van der Waals surface area contributed by atoms with E-state index >= 15 is 0 Å². The fourth-order valence-corrected chi connectivity index (χ4v) is 3.06. The Hall–Kier alpha value is -1.06. The fraction of sp³-hybridized carbons (Fsp3) is 0.647. The van der Waals surface area contributed by atoms with Gasteiger partial charge in [-0.1, -0.05) is 38.3 Å². The minimum Gasteiger partial charge on any atom is -0.497 e. The number of hydrogen-bond donors (Lipinski definition) is 1. The molecule has 0 radical (unpaired) electrons. The van der Waals surface area contributed by atoms with Gasteiger partial charge < -0.3 is 15.2 Å². The smallest absolute Gasteiger partial charge is 0.119 e. The molecule has 112 valence electrons. The first-order valence-corrected chi connectivity index (χ1v) is 7.75. The van der Waals surface area contributed by atoms with Gasteiger partial charge in [-0.25, -0.2) is 0 Å². The fourth-order valence-electron chi connectivity index (χ4n) is 3.06. The minimum atomic E-state index is -0.0791. The van der Waals surface area contributed by atoms with Gasteiger partial charge in [-0.05, 0) is 36.5 Å². The van der Waals surface area contributed by atoms with Crippen LogP contribution in [-0.2, 0) is 4.74 Å². The van der Waals surface area contributed by atoms with Crippen molar-refractivity contribution in [2.75, 3.05) is 13.7 Å². The van der Waals surface area contributed by atoms with Crippen LogP contribution in [-0.4, -0.2) is 19.8 Å². The van der Waals surface area contributed by atoms with Gasteiger partial charge in [0.2, 0.25) is 0 Å². The lowest BCUT2D eigenvalue weighted by Gasteiger charge is -2.31. The molecule has 2 rings (SSSR count). The Balaban J connectivity index is 1.88. The monoisotopic (exact) mass is 277 g/mol. The van der Waals surface area contributed by atoms with Gasteiger partial charge in [0.15, 0.2) is 0 Å². The van der Waals surface area contributed by atoms with E-state index in [0.717, 1.165) is 11.3 Å². The maximum atomic E-state index is 6.24. The zero-order chi connectivity index (χ0) is 14.4. The highest BCUT2D eigenvalue weighted by Crippen LogP contribution is 2.30. The van der Waals surface area contributed by atoms with Crippen molar-refractivity contribution in [1.82, 2.24) is 0 Å². The van der Waals surface area contributed by atoms with Crippen LogP contribution < -0.4 is 10.5 Å². The van der Waals surface area contributed by atoms with Crippen LogP contribution in [0.4, 0.5) is 0 Å². The summed E-state index contributed by atoms with van der Waals surface area (Å²) >= 11 is 0. The molecule has 0 spiro atoms. The molecule has 1 saturated carbocycles. The van der Waals surface area contributed by atoms with Crippen LogP contribution in [0.5, 0.6) is 5.75 Å². The number of benzene rings is 1. The molecule has 1 aromatic carbocycles. The van der Waals surface area contributed by atoms with Crippen LogP contribution in [0.1, 0.15) is 50.6 Å². The van der Waals surface area contributed by atoms with Crippen LogP contribution in [0.3, 0.4) is 0 Å². The molecule has 3 atom stereocenters. The molecule has 0 bridgehead atoms. The first-order valence-electron chi connectivity index (χ1n) is 7.75. The summed E-state index contributed by atoms with van der Waals surface area (Å²) in [4.78, 5) is 0. The Morgan fingerprint density at radius 1 is 1.30 bits per heavy atom. The molecule has 1 aliphatic rings. The Morgan fingerprint density at radius 2 is 2.10 bits per heavy atom. The molecule has 3 unspecified atom stereocenters. The van der Waals surface area contributed by atoms with Crippen LogP contribution in [0.15, 0.2) is 24.3 Å². The Bertz CT molecular complexity index is 408. The largest absolute Gasteiger partial charge is 0.497 e. The van der Waals surface area contributed by atoms with Crippen molar-refractivity contribution in [2.45, 2.75) is 51.2 Å². The molecule has 3 nitrogen and oxygen atoms in total. The maximum absolute atomic E-state index is 6.24. The van der Waals surface area contributed by atoms with Gasteiger partial charge in [-0.2, -0.15) is 0 Å². The summed E-state index contributed by atoms with van der Waals surface area (Å²) < 4.78 is 11.3. The molecule has 20 heavy (non-hydrogen) atoms. The topological polar surface area (TPSA) is 44.5 Å². The van der Waals surface area contributed by atoms with Crippen molar-refractivity contribution in [3.05, 3.63) is 29.8 Å². The van der Waals surface area contributed by atoms with Gasteiger partial charge in [-0.3, -0.25) is 0 Å². The van der Waals surface area contributed by atoms with E-state index in [-0.39, 0.29) is 6.04 Å². The molecule has 0 heterocycles. The van der Waals surface area contributed by atoms with Gasteiger partial charge >= 0.3 is 0 Å². The highest BCUT2D eigenvalue weighted by Gasteiger charge is 2.24. The van der Waals surface area contributed by atoms with Gasteiger partial charge in [0.1, 0.15) is 5.75 Å². The normalized spacial score (nSPS) is 24.4. The first-order chi connectivity index (χ1) is 9.74. The molecule has 1 aliphatic carbocycles. The summed E-state index contributed by atoms with van der Waals surface area (Å²) in [7, 11) is 1.68. The average molecular weight is 277 g/mol. The third-order valence-electron chi connectivity index (χ3n) is 4.38. The lowest BCUT2D eigenvalue weighted by molar-refractivity contribution is -0.0180. The van der Waals surface area contributed by atoms with E-state index in [2.05, 4.69) is 6.92 Å². The van der Waals surface area contributed by atoms with Crippen LogP contribution in [0, 0.1) is 5.92 Å². The molecule has 1 aromatic rings. The second-order valence-electron chi connectivity index (χ2n) is 5.71. The summed E-state index contributed by atoms with van der Waals surface area (Å²) in [5.41, 5.74) is 7.32. The van der Waals surface area contributed by atoms with Crippen molar-refractivity contribution in [1.29, 1.82) is 0 Å². The quantitative estimate of drug-likeness (QED) is 0.862. The summed E-state index contributed by atoms with van der Waals surface area (Å²) in [6.45, 7) is 2.85. The second-order valence-corrected chi connectivity index (χ2v) is 5.71. The van der Waals surface area contributed by atoms with Gasteiger partial charge in [0.05, 0.1) is 25.9 Å². The third-order valence-corrected chi connectivity index (χ3v) is 4.38. The summed E-state index contributed by atoms with van der Waals surface area (Å²) in [5.74, 6) is 1.56. The van der Waals surface area contributed by atoms with Crippen molar-refractivity contribution < 1.29 is 9.47 Å². The average Bonchev–Trinajstić information content (AvgIpc) is 2.52. The van der Waals surface area contributed by atoms with Crippen LogP contribution in [0.2, 0.25) is 0 Å². The van der Waals surface area contributed by atoms with Gasteiger partial charge in [-0.15, -0.1) is 0 Å². The number of ether oxygens (including phenoxy) is 2. The number of methoxy groups -OCH3 is 1. The van der Waals surface area contributed by atoms with Crippen LogP contribution in [0.25, 0.3) is 0 Å². The van der Waals surface area contributed by atoms with E-state index in [4.69, 9.17) is 15.2 Å². The number of hydrogen-bond acceptors (Lipinski definition) is 3. The lowest BCUT2D eigenvalue weighted by Crippen LogP contribution is -2.30. The predicted octanol–water partition coefficient (Wildman–Crippen LogP) is 3.68. The summed E-state index contributed by atoms with van der Waals surface area (Å²) in [5, 5.41) is 0. The van der Waals surface area contributed by atoms with E-state index in [1.165, 1.54) is 32.1 Å². The molecular weight excluding hydrogens is 250 g/mol. The number of nitrogens with two attached hydrogens (primary N) is 1. The van der Waals surface area contributed by atoms with Crippen molar-refractivity contribution >= 4 is 0 Å². The first kappa shape index (κ1) is 15.3. The Kier molecular flexibility index (Phi) is 5.86. The SMILES string of the molecule is CCC1CCCCC1OCC(N)c1cccc(OC)c1. The highest BCUT2D eigenvalue weighted by molar-refractivity contribution is 5.30. The minimum absolute atomic E-state index is 0.0791. The van der Waals surface area contributed by atoms with E-state index in [1.807, 2.05) is 24.3 Å². The Labute approximate surface area is 122 Å². The van der Waals surface area contributed by atoms with Crippen molar-refractivity contribution in [3.8, 4) is 5.75 Å². The van der Waals surface area contributed by atoms with Gasteiger partial charge in [0, 0.05) is 0 Å². The van der Waals surface area contributed by atoms with Crippen molar-refractivity contribution in [2.24, 2.45) is 11.7 Å². The predicted molar refractivity (Wildman–Crippen MR) is 81.9 cm³/mol. The van der Waals surface area contributed by atoms with E-state index < -0.39 is 0 Å². The highest BCUT2D eigenvalue weighted by atomic mass is 16.5. The third kappa shape index (κ3) is 3.97. The molecule has 0 aliphatic heterocycles.